The summed E-state index contributed by atoms with van der Waals surface area (Å²) in [7, 11) is 3.05. The zero-order valence-electron chi connectivity index (χ0n) is 10.9. The largest absolute Gasteiger partial charge is 0.496 e. The molecule has 1 aromatic carbocycles. The molecule has 0 radical (unpaired) electrons. The van der Waals surface area contributed by atoms with E-state index >= 15 is 0 Å². The lowest BCUT2D eigenvalue weighted by molar-refractivity contribution is -0.138. The van der Waals surface area contributed by atoms with Crippen LogP contribution in [-0.4, -0.2) is 31.1 Å². The summed E-state index contributed by atoms with van der Waals surface area (Å²) < 4.78 is 10.5. The van der Waals surface area contributed by atoms with E-state index < -0.39 is 5.97 Å². The Labute approximate surface area is 111 Å². The van der Waals surface area contributed by atoms with Crippen molar-refractivity contribution >= 4 is 11.8 Å². The van der Waals surface area contributed by atoms with Gasteiger partial charge in [0.15, 0.2) is 5.78 Å². The van der Waals surface area contributed by atoms with Crippen LogP contribution in [0.4, 0.5) is 0 Å². The van der Waals surface area contributed by atoms with Crippen LogP contribution in [0.2, 0.25) is 0 Å². The maximum absolute atomic E-state index is 12.2. The molecule has 5 nitrogen and oxygen atoms in total. The Morgan fingerprint density at radius 2 is 1.89 bits per heavy atom. The summed E-state index contributed by atoms with van der Waals surface area (Å²) in [5.41, 5.74) is 1.29. The zero-order chi connectivity index (χ0) is 14.0. The van der Waals surface area contributed by atoms with E-state index in [0.29, 0.717) is 23.5 Å². The molecule has 1 unspecified atom stereocenters. The Morgan fingerprint density at radius 1 is 1.26 bits per heavy atom. The summed E-state index contributed by atoms with van der Waals surface area (Å²) in [6, 6.07) is 3.45. The van der Waals surface area contributed by atoms with E-state index in [1.165, 1.54) is 14.2 Å². The molecule has 2 rings (SSSR count). The van der Waals surface area contributed by atoms with Gasteiger partial charge in [0.05, 0.1) is 19.8 Å². The van der Waals surface area contributed by atoms with Crippen LogP contribution in [-0.2, 0) is 11.2 Å². The first kappa shape index (κ1) is 13.4. The molecular formula is C14H16O5. The number of methoxy groups -OCH3 is 2. The maximum Gasteiger partial charge on any atom is 0.303 e. The third-order valence-electron chi connectivity index (χ3n) is 3.38. The number of rotatable bonds is 4. The quantitative estimate of drug-likeness (QED) is 0.899. The van der Waals surface area contributed by atoms with Gasteiger partial charge < -0.3 is 14.6 Å². The number of carboxylic acid groups (broad SMARTS) is 1. The molecule has 19 heavy (non-hydrogen) atoms. The molecular weight excluding hydrogens is 248 g/mol. The number of hydrogen-bond donors (Lipinski definition) is 1. The third-order valence-corrected chi connectivity index (χ3v) is 3.38. The average molecular weight is 264 g/mol. The van der Waals surface area contributed by atoms with Gasteiger partial charge in [-0.1, -0.05) is 0 Å². The van der Waals surface area contributed by atoms with Gasteiger partial charge in [0.2, 0.25) is 0 Å². The third kappa shape index (κ3) is 2.54. The van der Waals surface area contributed by atoms with Crippen molar-refractivity contribution in [3.05, 3.63) is 23.3 Å². The molecule has 102 valence electrons. The predicted octanol–water partition coefficient (Wildman–Crippen LogP) is 1.92. The second-order valence-electron chi connectivity index (χ2n) is 4.62. The van der Waals surface area contributed by atoms with Crippen LogP contribution in [0.3, 0.4) is 0 Å². The highest BCUT2D eigenvalue weighted by atomic mass is 16.5. The minimum absolute atomic E-state index is 0.00839. The van der Waals surface area contributed by atoms with E-state index in [-0.39, 0.29) is 24.5 Å². The van der Waals surface area contributed by atoms with Crippen LogP contribution in [0.1, 0.15) is 28.8 Å². The van der Waals surface area contributed by atoms with Crippen LogP contribution in [0.5, 0.6) is 11.5 Å². The van der Waals surface area contributed by atoms with Gasteiger partial charge in [-0.3, -0.25) is 9.59 Å². The van der Waals surface area contributed by atoms with Gasteiger partial charge in [0, 0.05) is 18.4 Å². The number of carbonyl (C=O) groups is 2. The van der Waals surface area contributed by atoms with Crippen LogP contribution in [0.15, 0.2) is 12.1 Å². The van der Waals surface area contributed by atoms with Crippen molar-refractivity contribution in [2.24, 2.45) is 5.92 Å². The molecule has 0 saturated carbocycles. The first-order valence-corrected chi connectivity index (χ1v) is 6.05. The SMILES string of the molecule is COc1ccc(OC)c2c1CC(CC(=O)O)CC2=O. The highest BCUT2D eigenvalue weighted by Crippen LogP contribution is 2.38. The lowest BCUT2D eigenvalue weighted by atomic mass is 9.80. The second kappa shape index (κ2) is 5.30. The van der Waals surface area contributed by atoms with Crippen LogP contribution in [0, 0.1) is 5.92 Å². The summed E-state index contributed by atoms with van der Waals surface area (Å²) in [6.07, 6.45) is 0.752. The molecule has 0 aliphatic heterocycles. The van der Waals surface area contributed by atoms with Gasteiger partial charge in [-0.25, -0.2) is 0 Å². The normalized spacial score (nSPS) is 17.8. The Kier molecular flexibility index (Phi) is 3.74. The number of ketones is 1. The number of Topliss-reactive ketones (excluding diaryl/α,β-unsaturated/α-hetero) is 1. The fourth-order valence-corrected chi connectivity index (χ4v) is 2.59. The van der Waals surface area contributed by atoms with Gasteiger partial charge >= 0.3 is 5.97 Å². The smallest absolute Gasteiger partial charge is 0.303 e. The molecule has 1 aliphatic rings. The molecule has 0 fully saturated rings. The van der Waals surface area contributed by atoms with Crippen LogP contribution >= 0.6 is 0 Å². The molecule has 1 aromatic rings. The lowest BCUT2D eigenvalue weighted by Crippen LogP contribution is -2.23. The van der Waals surface area contributed by atoms with Crippen molar-refractivity contribution in [3.8, 4) is 11.5 Å². The number of carboxylic acids is 1. The molecule has 1 N–H and O–H groups in total. The molecule has 1 aliphatic carbocycles. The number of fused-ring (bicyclic) bond motifs is 1. The molecule has 0 spiro atoms. The van der Waals surface area contributed by atoms with E-state index in [4.69, 9.17) is 14.6 Å². The minimum atomic E-state index is -0.886. The molecule has 1 atom stereocenters. The fraction of sp³-hybridized carbons (Fsp3) is 0.429. The highest BCUT2D eigenvalue weighted by molar-refractivity contribution is 6.02. The van der Waals surface area contributed by atoms with Crippen molar-refractivity contribution in [1.29, 1.82) is 0 Å². The van der Waals surface area contributed by atoms with E-state index in [9.17, 15) is 9.59 Å². The van der Waals surface area contributed by atoms with Gasteiger partial charge in [-0.15, -0.1) is 0 Å². The van der Waals surface area contributed by atoms with E-state index in [0.717, 1.165) is 5.56 Å². The number of hydrogen-bond acceptors (Lipinski definition) is 4. The Morgan fingerprint density at radius 3 is 2.47 bits per heavy atom. The molecule has 0 amide bonds. The van der Waals surface area contributed by atoms with Crippen molar-refractivity contribution in [2.75, 3.05) is 14.2 Å². The Hall–Kier alpha value is -2.04. The Balaban J connectivity index is 2.44. The predicted molar refractivity (Wildman–Crippen MR) is 67.9 cm³/mol. The number of ether oxygens (including phenoxy) is 2. The first-order valence-electron chi connectivity index (χ1n) is 6.05. The van der Waals surface area contributed by atoms with Crippen molar-refractivity contribution in [1.82, 2.24) is 0 Å². The van der Waals surface area contributed by atoms with Crippen LogP contribution in [0.25, 0.3) is 0 Å². The van der Waals surface area contributed by atoms with Crippen molar-refractivity contribution in [2.45, 2.75) is 19.3 Å². The van der Waals surface area contributed by atoms with Gasteiger partial charge in [-0.05, 0) is 24.5 Å². The summed E-state index contributed by atoms with van der Waals surface area (Å²) in [5, 5.41) is 8.86. The molecule has 5 heteroatoms. The number of carbonyl (C=O) groups excluding carboxylic acids is 1. The summed E-state index contributed by atoms with van der Waals surface area (Å²) in [5.74, 6) is -0.0151. The maximum atomic E-state index is 12.2. The molecule has 0 saturated heterocycles. The monoisotopic (exact) mass is 264 g/mol. The first-order chi connectivity index (χ1) is 9.06. The molecule has 0 aromatic heterocycles. The second-order valence-corrected chi connectivity index (χ2v) is 4.62. The Bertz CT molecular complexity index is 521. The molecule has 0 heterocycles. The number of aliphatic carboxylic acids is 1. The van der Waals surface area contributed by atoms with Gasteiger partial charge in [0.1, 0.15) is 11.5 Å². The summed E-state index contributed by atoms with van der Waals surface area (Å²) >= 11 is 0. The number of benzene rings is 1. The fourth-order valence-electron chi connectivity index (χ4n) is 2.59. The zero-order valence-corrected chi connectivity index (χ0v) is 10.9. The van der Waals surface area contributed by atoms with E-state index in [2.05, 4.69) is 0 Å². The van der Waals surface area contributed by atoms with E-state index in [1.807, 2.05) is 0 Å². The van der Waals surface area contributed by atoms with Crippen molar-refractivity contribution < 1.29 is 24.2 Å². The van der Waals surface area contributed by atoms with Crippen molar-refractivity contribution in [3.63, 3.8) is 0 Å². The van der Waals surface area contributed by atoms with Gasteiger partial charge in [0.25, 0.3) is 0 Å². The van der Waals surface area contributed by atoms with Crippen LogP contribution < -0.4 is 9.47 Å². The summed E-state index contributed by atoms with van der Waals surface area (Å²) in [6.45, 7) is 0. The van der Waals surface area contributed by atoms with Gasteiger partial charge in [-0.2, -0.15) is 0 Å². The highest BCUT2D eigenvalue weighted by Gasteiger charge is 2.31. The lowest BCUT2D eigenvalue weighted by Gasteiger charge is -2.25. The standard InChI is InChI=1S/C14H16O5/c1-18-11-3-4-12(19-2)14-9(11)5-8(6-10(14)15)7-13(16)17/h3-4,8H,5-7H2,1-2H3,(H,16,17). The summed E-state index contributed by atoms with van der Waals surface area (Å²) in [4.78, 5) is 23.0. The average Bonchev–Trinajstić information content (AvgIpc) is 2.36. The minimum Gasteiger partial charge on any atom is -0.496 e. The topological polar surface area (TPSA) is 72.8 Å². The molecule has 0 bridgehead atoms. The van der Waals surface area contributed by atoms with E-state index in [1.54, 1.807) is 12.1 Å².